The molecule has 0 fully saturated rings. The van der Waals surface area contributed by atoms with Gasteiger partial charge in [0.2, 0.25) is 0 Å². The SMILES string of the molecule is CCCCCCCCOC(O)C(=O)O. The number of hydrogen-bond donors (Lipinski definition) is 2. The minimum atomic E-state index is -1.66. The third kappa shape index (κ3) is 8.01. The first kappa shape index (κ1) is 13.4. The Labute approximate surface area is 84.9 Å². The fourth-order valence-electron chi connectivity index (χ4n) is 1.15. The van der Waals surface area contributed by atoms with E-state index in [1.807, 2.05) is 0 Å². The summed E-state index contributed by atoms with van der Waals surface area (Å²) in [6.07, 6.45) is 5.02. The fraction of sp³-hybridized carbons (Fsp3) is 0.900. The van der Waals surface area contributed by atoms with E-state index in [9.17, 15) is 4.79 Å². The molecule has 14 heavy (non-hydrogen) atoms. The van der Waals surface area contributed by atoms with Crippen LogP contribution in [0.5, 0.6) is 0 Å². The van der Waals surface area contributed by atoms with E-state index >= 15 is 0 Å². The van der Waals surface area contributed by atoms with E-state index in [1.54, 1.807) is 0 Å². The Morgan fingerprint density at radius 2 is 1.79 bits per heavy atom. The first-order chi connectivity index (χ1) is 6.68. The molecule has 84 valence electrons. The van der Waals surface area contributed by atoms with Crippen molar-refractivity contribution in [3.8, 4) is 0 Å². The number of hydrogen-bond acceptors (Lipinski definition) is 3. The van der Waals surface area contributed by atoms with Crippen LogP contribution < -0.4 is 0 Å². The van der Waals surface area contributed by atoms with Crippen molar-refractivity contribution in [3.05, 3.63) is 0 Å². The third-order valence-corrected chi connectivity index (χ3v) is 1.98. The second-order valence-corrected chi connectivity index (χ2v) is 3.33. The van der Waals surface area contributed by atoms with Gasteiger partial charge in [-0.3, -0.25) is 0 Å². The lowest BCUT2D eigenvalue weighted by molar-refractivity contribution is -0.176. The fourth-order valence-corrected chi connectivity index (χ4v) is 1.15. The first-order valence-corrected chi connectivity index (χ1v) is 5.21. The van der Waals surface area contributed by atoms with E-state index in [0.29, 0.717) is 6.61 Å². The molecule has 4 nitrogen and oxygen atoms in total. The predicted octanol–water partition coefficient (Wildman–Crippen LogP) is 1.77. The highest BCUT2D eigenvalue weighted by Gasteiger charge is 2.11. The molecule has 1 unspecified atom stereocenters. The average molecular weight is 204 g/mol. The molecule has 0 radical (unpaired) electrons. The van der Waals surface area contributed by atoms with Crippen LogP contribution in [-0.2, 0) is 9.53 Å². The molecule has 2 N–H and O–H groups in total. The molecule has 1 atom stereocenters. The van der Waals surface area contributed by atoms with Gasteiger partial charge in [0, 0.05) is 0 Å². The lowest BCUT2D eigenvalue weighted by atomic mass is 10.1. The van der Waals surface area contributed by atoms with Crippen LogP contribution in [0.1, 0.15) is 45.4 Å². The summed E-state index contributed by atoms with van der Waals surface area (Å²) in [6, 6.07) is 0. The molecule has 0 amide bonds. The molecule has 0 aliphatic carbocycles. The summed E-state index contributed by atoms with van der Waals surface area (Å²) < 4.78 is 4.67. The maximum atomic E-state index is 10.1. The second-order valence-electron chi connectivity index (χ2n) is 3.33. The summed E-state index contributed by atoms with van der Waals surface area (Å²) in [4.78, 5) is 10.1. The van der Waals surface area contributed by atoms with Crippen LogP contribution >= 0.6 is 0 Å². The van der Waals surface area contributed by atoms with Gasteiger partial charge in [0.1, 0.15) is 0 Å². The summed E-state index contributed by atoms with van der Waals surface area (Å²) in [5.41, 5.74) is 0. The highest BCUT2D eigenvalue weighted by atomic mass is 16.6. The Hall–Kier alpha value is -0.610. The summed E-state index contributed by atoms with van der Waals surface area (Å²) >= 11 is 0. The van der Waals surface area contributed by atoms with Crippen LogP contribution in [0.3, 0.4) is 0 Å². The summed E-state index contributed by atoms with van der Waals surface area (Å²) in [6.45, 7) is 2.48. The third-order valence-electron chi connectivity index (χ3n) is 1.98. The standard InChI is InChI=1S/C10H20O4/c1-2-3-4-5-6-7-8-14-10(13)9(11)12/h10,13H,2-8H2,1H3,(H,11,12). The van der Waals surface area contributed by atoms with E-state index in [-0.39, 0.29) is 0 Å². The van der Waals surface area contributed by atoms with E-state index in [2.05, 4.69) is 11.7 Å². The summed E-state index contributed by atoms with van der Waals surface area (Å²) in [5.74, 6) is -1.32. The predicted molar refractivity (Wildman–Crippen MR) is 53.0 cm³/mol. The van der Waals surface area contributed by atoms with Crippen LogP contribution in [0.2, 0.25) is 0 Å². The average Bonchev–Trinajstić information content (AvgIpc) is 2.16. The zero-order valence-electron chi connectivity index (χ0n) is 8.74. The molecule has 0 bridgehead atoms. The minimum Gasteiger partial charge on any atom is -0.477 e. The monoisotopic (exact) mass is 204 g/mol. The molecule has 0 aliphatic heterocycles. The van der Waals surface area contributed by atoms with Gasteiger partial charge in [-0.25, -0.2) is 4.79 Å². The minimum absolute atomic E-state index is 0.319. The molecule has 0 saturated heterocycles. The van der Waals surface area contributed by atoms with Gasteiger partial charge >= 0.3 is 5.97 Å². The van der Waals surface area contributed by atoms with Gasteiger partial charge < -0.3 is 14.9 Å². The molecule has 0 heterocycles. The molecule has 0 aromatic rings. The molecule has 0 rings (SSSR count). The van der Waals surface area contributed by atoms with Gasteiger partial charge in [-0.15, -0.1) is 0 Å². The highest BCUT2D eigenvalue weighted by Crippen LogP contribution is 2.05. The first-order valence-electron chi connectivity index (χ1n) is 5.21. The number of unbranched alkanes of at least 4 members (excludes halogenated alkanes) is 5. The molecular weight excluding hydrogens is 184 g/mol. The van der Waals surface area contributed by atoms with Crippen LogP contribution in [0.15, 0.2) is 0 Å². The van der Waals surface area contributed by atoms with Crippen molar-refractivity contribution in [1.29, 1.82) is 0 Å². The van der Waals surface area contributed by atoms with Crippen molar-refractivity contribution in [3.63, 3.8) is 0 Å². The van der Waals surface area contributed by atoms with E-state index in [0.717, 1.165) is 19.3 Å². The molecule has 0 spiro atoms. The zero-order valence-corrected chi connectivity index (χ0v) is 8.74. The van der Waals surface area contributed by atoms with Crippen molar-refractivity contribution in [2.75, 3.05) is 6.61 Å². The quantitative estimate of drug-likeness (QED) is 0.443. The molecule has 0 saturated carbocycles. The molecule has 0 aromatic heterocycles. The lowest BCUT2D eigenvalue weighted by Gasteiger charge is -2.06. The van der Waals surface area contributed by atoms with Gasteiger partial charge in [-0.05, 0) is 6.42 Å². The summed E-state index contributed by atoms with van der Waals surface area (Å²) in [5, 5.41) is 17.0. The Bertz CT molecular complexity index is 147. The zero-order chi connectivity index (χ0) is 10.8. The molecule has 4 heteroatoms. The van der Waals surface area contributed by atoms with Gasteiger partial charge in [0.25, 0.3) is 6.29 Å². The molecule has 0 aliphatic rings. The number of aliphatic hydroxyl groups is 1. The number of carboxylic acids is 1. The topological polar surface area (TPSA) is 66.8 Å². The number of aliphatic hydroxyl groups excluding tert-OH is 1. The van der Waals surface area contributed by atoms with E-state index in [4.69, 9.17) is 10.2 Å². The largest absolute Gasteiger partial charge is 0.477 e. The van der Waals surface area contributed by atoms with Gasteiger partial charge in [-0.2, -0.15) is 0 Å². The van der Waals surface area contributed by atoms with Gasteiger partial charge in [-0.1, -0.05) is 39.0 Å². The van der Waals surface area contributed by atoms with Gasteiger partial charge in [0.15, 0.2) is 0 Å². The van der Waals surface area contributed by atoms with Crippen molar-refractivity contribution in [2.45, 2.75) is 51.7 Å². The van der Waals surface area contributed by atoms with E-state index in [1.165, 1.54) is 19.3 Å². The number of ether oxygens (including phenoxy) is 1. The molecular formula is C10H20O4. The van der Waals surface area contributed by atoms with Crippen LogP contribution in [0, 0.1) is 0 Å². The number of carboxylic acid groups (broad SMARTS) is 1. The Morgan fingerprint density at radius 3 is 2.36 bits per heavy atom. The number of aliphatic carboxylic acids is 1. The maximum Gasteiger partial charge on any atom is 0.360 e. The Morgan fingerprint density at radius 1 is 1.21 bits per heavy atom. The number of carbonyl (C=O) groups is 1. The summed E-state index contributed by atoms with van der Waals surface area (Å²) in [7, 11) is 0. The second kappa shape index (κ2) is 8.97. The van der Waals surface area contributed by atoms with Gasteiger partial charge in [0.05, 0.1) is 6.61 Å². The number of rotatable bonds is 9. The Balaban J connectivity index is 3.09. The van der Waals surface area contributed by atoms with Crippen molar-refractivity contribution < 1.29 is 19.7 Å². The van der Waals surface area contributed by atoms with Crippen LogP contribution in [0.4, 0.5) is 0 Å². The lowest BCUT2D eigenvalue weighted by Crippen LogP contribution is -2.23. The van der Waals surface area contributed by atoms with Crippen molar-refractivity contribution >= 4 is 5.97 Å². The highest BCUT2D eigenvalue weighted by molar-refractivity contribution is 5.70. The normalized spacial score (nSPS) is 12.7. The van der Waals surface area contributed by atoms with Crippen LogP contribution in [0.25, 0.3) is 0 Å². The van der Waals surface area contributed by atoms with Crippen LogP contribution in [-0.4, -0.2) is 29.1 Å². The van der Waals surface area contributed by atoms with E-state index < -0.39 is 12.3 Å². The molecule has 0 aromatic carbocycles. The maximum absolute atomic E-state index is 10.1. The van der Waals surface area contributed by atoms with Crippen molar-refractivity contribution in [1.82, 2.24) is 0 Å². The Kier molecular flexibility index (Phi) is 8.57. The van der Waals surface area contributed by atoms with Crippen molar-refractivity contribution in [2.24, 2.45) is 0 Å². The smallest absolute Gasteiger partial charge is 0.360 e.